The zero-order valence-electron chi connectivity index (χ0n) is 20.9. The van der Waals surface area contributed by atoms with E-state index in [9.17, 15) is 34.6 Å². The van der Waals surface area contributed by atoms with Gasteiger partial charge in [-0.2, -0.15) is 0 Å². The molecule has 0 atom stereocenters. The summed E-state index contributed by atoms with van der Waals surface area (Å²) in [6, 6.07) is 24.4. The highest BCUT2D eigenvalue weighted by Gasteiger charge is 2.43. The molecule has 1 fully saturated rings. The number of nitro benzene ring substituents is 2. The predicted molar refractivity (Wildman–Crippen MR) is 147 cm³/mol. The van der Waals surface area contributed by atoms with Crippen molar-refractivity contribution >= 4 is 46.7 Å². The van der Waals surface area contributed by atoms with Crippen LogP contribution in [0.25, 0.3) is 6.08 Å². The fourth-order valence-corrected chi connectivity index (χ4v) is 4.15. The molecule has 4 amide bonds. The molecule has 4 aromatic rings. The van der Waals surface area contributed by atoms with Gasteiger partial charge in [-0.1, -0.05) is 54.6 Å². The third-order valence-electron chi connectivity index (χ3n) is 6.07. The summed E-state index contributed by atoms with van der Waals surface area (Å²) in [4.78, 5) is 63.6. The molecule has 1 aliphatic rings. The van der Waals surface area contributed by atoms with Gasteiger partial charge in [0.15, 0.2) is 0 Å². The maximum atomic E-state index is 13.6. The van der Waals surface area contributed by atoms with Crippen molar-refractivity contribution in [3.05, 3.63) is 134 Å². The maximum absolute atomic E-state index is 13.6. The van der Waals surface area contributed by atoms with E-state index in [0.717, 1.165) is 28.0 Å². The van der Waals surface area contributed by atoms with Crippen LogP contribution in [0.15, 0.2) is 109 Å². The summed E-state index contributed by atoms with van der Waals surface area (Å²) < 4.78 is 5.77. The van der Waals surface area contributed by atoms with Gasteiger partial charge in [0.05, 0.1) is 27.3 Å². The number of nitrogens with zero attached hydrogens (tertiary/aromatic N) is 4. The number of barbiturate groups is 1. The molecule has 4 aromatic carbocycles. The second-order valence-electron chi connectivity index (χ2n) is 8.60. The Morgan fingerprint density at radius 1 is 0.634 bits per heavy atom. The number of imide groups is 2. The number of amides is 4. The molecule has 0 bridgehead atoms. The number of hydrogen-bond acceptors (Lipinski definition) is 8. The van der Waals surface area contributed by atoms with E-state index in [-0.39, 0.29) is 34.0 Å². The fraction of sp³-hybridized carbons (Fsp3) is 0. The van der Waals surface area contributed by atoms with Crippen LogP contribution in [0.3, 0.4) is 0 Å². The first-order valence-electron chi connectivity index (χ1n) is 12.0. The Labute approximate surface area is 231 Å². The highest BCUT2D eigenvalue weighted by atomic mass is 16.6. The molecule has 1 saturated heterocycles. The first kappa shape index (κ1) is 26.4. The average Bonchev–Trinajstić information content (AvgIpc) is 2.97. The highest BCUT2D eigenvalue weighted by Crippen LogP contribution is 2.37. The maximum Gasteiger partial charge on any atom is 0.343 e. The zero-order chi connectivity index (χ0) is 29.1. The molecule has 0 N–H and O–H groups in total. The number of carbonyl (C=O) groups is 3. The Morgan fingerprint density at radius 3 is 1.71 bits per heavy atom. The Morgan fingerprint density at radius 2 is 1.17 bits per heavy atom. The molecule has 0 saturated carbocycles. The van der Waals surface area contributed by atoms with E-state index in [1.165, 1.54) is 18.2 Å². The summed E-state index contributed by atoms with van der Waals surface area (Å²) in [7, 11) is 0. The van der Waals surface area contributed by atoms with Gasteiger partial charge in [-0.05, 0) is 42.5 Å². The van der Waals surface area contributed by atoms with Gasteiger partial charge in [0.2, 0.25) is 5.75 Å². The molecule has 0 radical (unpaired) electrons. The van der Waals surface area contributed by atoms with Gasteiger partial charge in [0.1, 0.15) is 11.3 Å². The molecular formula is C29H18N4O8. The summed E-state index contributed by atoms with van der Waals surface area (Å²) in [5.74, 6) is -2.03. The minimum atomic E-state index is -0.880. The number of ether oxygens (including phenoxy) is 1. The topological polar surface area (TPSA) is 153 Å². The molecule has 0 spiro atoms. The van der Waals surface area contributed by atoms with Crippen LogP contribution >= 0.6 is 0 Å². The number of urea groups is 1. The third kappa shape index (κ3) is 5.12. The quantitative estimate of drug-likeness (QED) is 0.120. The van der Waals surface area contributed by atoms with Gasteiger partial charge in [-0.3, -0.25) is 29.8 Å². The highest BCUT2D eigenvalue weighted by molar-refractivity contribution is 6.46. The van der Waals surface area contributed by atoms with E-state index >= 15 is 0 Å². The number of benzene rings is 4. The number of non-ortho nitro benzene ring substituents is 1. The fourth-order valence-electron chi connectivity index (χ4n) is 4.15. The van der Waals surface area contributed by atoms with Crippen LogP contribution in [0.2, 0.25) is 0 Å². The number of anilines is 2. The van der Waals surface area contributed by atoms with Gasteiger partial charge >= 0.3 is 11.7 Å². The third-order valence-corrected chi connectivity index (χ3v) is 6.07. The van der Waals surface area contributed by atoms with Crippen LogP contribution in [0.5, 0.6) is 11.5 Å². The van der Waals surface area contributed by atoms with E-state index in [1.54, 1.807) is 72.8 Å². The van der Waals surface area contributed by atoms with Gasteiger partial charge in [-0.15, -0.1) is 0 Å². The second kappa shape index (κ2) is 10.9. The number of hydrogen-bond donors (Lipinski definition) is 0. The number of para-hydroxylation sites is 3. The minimum Gasteiger partial charge on any atom is -0.449 e. The molecule has 5 rings (SSSR count). The van der Waals surface area contributed by atoms with Crippen molar-refractivity contribution in [2.45, 2.75) is 0 Å². The Bertz CT molecular complexity index is 1670. The van der Waals surface area contributed by atoms with Crippen LogP contribution < -0.4 is 14.5 Å². The zero-order valence-corrected chi connectivity index (χ0v) is 20.9. The van der Waals surface area contributed by atoms with E-state index in [2.05, 4.69) is 0 Å². The molecule has 0 unspecified atom stereocenters. The van der Waals surface area contributed by atoms with Crippen LogP contribution in [0, 0.1) is 20.2 Å². The SMILES string of the molecule is O=C1C(=Cc2ccccc2Oc2ccc([N+](=O)[O-])cc2[N+](=O)[O-])C(=O)N(c2ccccc2)C(=O)N1c1ccccc1. The van der Waals surface area contributed by atoms with Gasteiger partial charge in [-0.25, -0.2) is 14.6 Å². The van der Waals surface area contributed by atoms with Gasteiger partial charge in [0.25, 0.3) is 17.5 Å². The number of nitro groups is 2. The Hall–Kier alpha value is -6.17. The summed E-state index contributed by atoms with van der Waals surface area (Å²) in [5, 5.41) is 22.7. The Kier molecular flexibility index (Phi) is 7.03. The van der Waals surface area contributed by atoms with Crippen molar-refractivity contribution < 1.29 is 29.0 Å². The van der Waals surface area contributed by atoms with Crippen LogP contribution in [0.4, 0.5) is 27.5 Å². The first-order valence-corrected chi connectivity index (χ1v) is 12.0. The van der Waals surface area contributed by atoms with Crippen LogP contribution in [-0.4, -0.2) is 27.7 Å². The molecular weight excluding hydrogens is 532 g/mol. The smallest absolute Gasteiger partial charge is 0.343 e. The van der Waals surface area contributed by atoms with Gasteiger partial charge < -0.3 is 4.74 Å². The molecule has 12 heteroatoms. The normalized spacial score (nSPS) is 13.3. The van der Waals surface area contributed by atoms with Crippen molar-refractivity contribution in [3.8, 4) is 11.5 Å². The molecule has 1 aliphatic heterocycles. The lowest BCUT2D eigenvalue weighted by Crippen LogP contribution is -2.57. The molecule has 12 nitrogen and oxygen atoms in total. The standard InChI is InChI=1S/C29H18N4O8/c34-27-23(28(35)31(21-12-5-2-6-13-21)29(36)30(27)20-10-3-1-4-11-20)17-19-9-7-8-14-25(19)41-26-16-15-22(32(37)38)18-24(26)33(39)40/h1-18H. The molecule has 0 aromatic heterocycles. The second-order valence-corrected chi connectivity index (χ2v) is 8.60. The largest absolute Gasteiger partial charge is 0.449 e. The molecule has 41 heavy (non-hydrogen) atoms. The summed E-state index contributed by atoms with van der Waals surface area (Å²) in [6.07, 6.45) is 1.23. The van der Waals surface area contributed by atoms with E-state index in [0.29, 0.717) is 0 Å². The summed E-state index contributed by atoms with van der Waals surface area (Å²) in [6.45, 7) is 0. The average molecular weight is 550 g/mol. The monoisotopic (exact) mass is 550 g/mol. The number of rotatable bonds is 7. The molecule has 202 valence electrons. The van der Waals surface area contributed by atoms with E-state index < -0.39 is 39.1 Å². The number of carbonyl (C=O) groups excluding carboxylic acids is 3. The summed E-state index contributed by atoms with van der Waals surface area (Å²) in [5.41, 5.74) is -0.841. The van der Waals surface area contributed by atoms with E-state index in [1.807, 2.05) is 0 Å². The van der Waals surface area contributed by atoms with Gasteiger partial charge in [0, 0.05) is 11.6 Å². The first-order chi connectivity index (χ1) is 19.8. The Balaban J connectivity index is 1.61. The summed E-state index contributed by atoms with van der Waals surface area (Å²) >= 11 is 0. The van der Waals surface area contributed by atoms with Crippen molar-refractivity contribution in [3.63, 3.8) is 0 Å². The van der Waals surface area contributed by atoms with Crippen LogP contribution in [0.1, 0.15) is 5.56 Å². The van der Waals surface area contributed by atoms with Crippen molar-refractivity contribution in [1.29, 1.82) is 0 Å². The minimum absolute atomic E-state index is 0.0203. The van der Waals surface area contributed by atoms with Crippen LogP contribution in [-0.2, 0) is 9.59 Å². The predicted octanol–water partition coefficient (Wildman–Crippen LogP) is 5.88. The van der Waals surface area contributed by atoms with Crippen molar-refractivity contribution in [2.75, 3.05) is 9.80 Å². The molecule has 0 aliphatic carbocycles. The van der Waals surface area contributed by atoms with E-state index in [4.69, 9.17) is 4.74 Å². The lowest BCUT2D eigenvalue weighted by Gasteiger charge is -2.34. The molecule has 1 heterocycles. The van der Waals surface area contributed by atoms with Crippen molar-refractivity contribution in [1.82, 2.24) is 0 Å². The van der Waals surface area contributed by atoms with Crippen molar-refractivity contribution in [2.24, 2.45) is 0 Å². The lowest BCUT2D eigenvalue weighted by molar-refractivity contribution is -0.394. The lowest BCUT2D eigenvalue weighted by atomic mass is 10.0.